The lowest BCUT2D eigenvalue weighted by Crippen LogP contribution is -2.65. The third-order valence-electron chi connectivity index (χ3n) is 10.0. The normalized spacial score (nSPS) is 22.7. The molecule has 6 unspecified atom stereocenters. The van der Waals surface area contributed by atoms with Crippen molar-refractivity contribution in [2.24, 2.45) is 11.8 Å². The average molecular weight is 678 g/mol. The highest BCUT2D eigenvalue weighted by atomic mass is 32.2. The maximum absolute atomic E-state index is 14.1. The Hall–Kier alpha value is -2.70. The van der Waals surface area contributed by atoms with Gasteiger partial charge in [-0.05, 0) is 85.1 Å². The molecule has 11 nitrogen and oxygen atoms in total. The van der Waals surface area contributed by atoms with Crippen LogP contribution in [0.5, 0.6) is 0 Å². The second-order valence-corrected chi connectivity index (χ2v) is 17.6. The first-order chi connectivity index (χ1) is 21.9. The summed E-state index contributed by atoms with van der Waals surface area (Å²) in [5.74, 6) is 0.133. The molecule has 1 saturated carbocycles. The molecular weight excluding hydrogens is 618 g/mol. The SMILES string of the molecule is CCN(CC)C(=O)NC(C(=O)NC(Cc1ccccc1)C(O)CN1CC2CCCCC2CC1C(=O)NC(C)(C)C)C(C)(C)S(C)(=O)=O. The minimum absolute atomic E-state index is 0.0635. The summed E-state index contributed by atoms with van der Waals surface area (Å²) in [6.45, 7) is 13.9. The Morgan fingerprint density at radius 1 is 0.979 bits per heavy atom. The Morgan fingerprint density at radius 3 is 2.13 bits per heavy atom. The highest BCUT2D eigenvalue weighted by molar-refractivity contribution is 7.92. The van der Waals surface area contributed by atoms with Gasteiger partial charge in [-0.1, -0.05) is 49.6 Å². The summed E-state index contributed by atoms with van der Waals surface area (Å²) in [5.41, 5.74) is 0.460. The summed E-state index contributed by atoms with van der Waals surface area (Å²) in [7, 11) is -3.82. The average Bonchev–Trinajstić information content (AvgIpc) is 2.98. The fourth-order valence-corrected chi connectivity index (χ4v) is 7.50. The number of hydrogen-bond acceptors (Lipinski definition) is 7. The number of piperidine rings is 1. The fourth-order valence-electron chi connectivity index (χ4n) is 6.91. The molecule has 1 aromatic rings. The number of carbonyl (C=O) groups is 3. The summed E-state index contributed by atoms with van der Waals surface area (Å²) >= 11 is 0. The van der Waals surface area contributed by atoms with Crippen molar-refractivity contribution in [3.8, 4) is 0 Å². The molecule has 1 heterocycles. The number of nitrogens with one attached hydrogen (secondary N) is 3. The molecule has 2 fully saturated rings. The van der Waals surface area contributed by atoms with E-state index in [0.717, 1.165) is 37.5 Å². The number of benzene rings is 1. The van der Waals surface area contributed by atoms with Crippen LogP contribution in [0.3, 0.4) is 0 Å². The summed E-state index contributed by atoms with van der Waals surface area (Å²) in [5, 5.41) is 20.6. The van der Waals surface area contributed by atoms with E-state index in [4.69, 9.17) is 0 Å². The molecule has 1 aliphatic heterocycles. The van der Waals surface area contributed by atoms with Gasteiger partial charge in [-0.3, -0.25) is 14.5 Å². The van der Waals surface area contributed by atoms with E-state index >= 15 is 0 Å². The number of β-amino-alcohol motifs (C(OH)–C–C–N with tert-alkyl or cyclic N) is 1. The second-order valence-electron chi connectivity index (χ2n) is 15.1. The lowest BCUT2D eigenvalue weighted by Gasteiger charge is -2.47. The van der Waals surface area contributed by atoms with Crippen molar-refractivity contribution in [2.75, 3.05) is 32.4 Å². The zero-order valence-electron chi connectivity index (χ0n) is 29.7. The lowest BCUT2D eigenvalue weighted by atomic mass is 9.72. The first-order valence-electron chi connectivity index (χ1n) is 17.2. The van der Waals surface area contributed by atoms with Crippen molar-refractivity contribution in [2.45, 2.75) is 122 Å². The monoisotopic (exact) mass is 677 g/mol. The number of amides is 4. The van der Waals surface area contributed by atoms with Gasteiger partial charge in [0.15, 0.2) is 9.84 Å². The molecule has 1 aliphatic carbocycles. The summed E-state index contributed by atoms with van der Waals surface area (Å²) in [4.78, 5) is 44.4. The van der Waals surface area contributed by atoms with E-state index in [1.54, 1.807) is 13.8 Å². The number of rotatable bonds is 13. The number of urea groups is 1. The number of aliphatic hydroxyl groups excluding tert-OH is 1. The maximum atomic E-state index is 14.1. The molecule has 3 rings (SSSR count). The zero-order chi connectivity index (χ0) is 35.2. The van der Waals surface area contributed by atoms with Gasteiger partial charge in [-0.2, -0.15) is 0 Å². The van der Waals surface area contributed by atoms with E-state index in [2.05, 4.69) is 20.9 Å². The van der Waals surface area contributed by atoms with E-state index in [1.165, 1.54) is 25.2 Å². The van der Waals surface area contributed by atoms with Crippen LogP contribution in [0.25, 0.3) is 0 Å². The van der Waals surface area contributed by atoms with Crippen molar-refractivity contribution < 1.29 is 27.9 Å². The first kappa shape index (κ1) is 38.7. The second kappa shape index (κ2) is 16.1. The smallest absolute Gasteiger partial charge is 0.318 e. The van der Waals surface area contributed by atoms with Crippen molar-refractivity contribution >= 4 is 27.7 Å². The standard InChI is InChI=1S/C35H59N5O6S/c1-9-39(10-2)33(44)37-30(35(6,7)47(8,45)46)32(43)36-27(20-24-16-12-11-13-17-24)29(41)23-40-22-26-19-15-14-18-25(26)21-28(40)31(42)38-34(3,4)5/h11-13,16-17,25-30,41H,9-10,14-15,18-23H2,1-8H3,(H,36,43)(H,37,44)(H,38,42). The Labute approximate surface area is 282 Å². The van der Waals surface area contributed by atoms with Gasteiger partial charge < -0.3 is 26.0 Å². The van der Waals surface area contributed by atoms with Crippen LogP contribution in [0, 0.1) is 11.8 Å². The first-order valence-corrected chi connectivity index (χ1v) is 19.1. The van der Waals surface area contributed by atoms with Crippen LogP contribution in [0.1, 0.15) is 86.1 Å². The van der Waals surface area contributed by atoms with E-state index in [0.29, 0.717) is 31.5 Å². The van der Waals surface area contributed by atoms with E-state index in [-0.39, 0.29) is 18.9 Å². The lowest BCUT2D eigenvalue weighted by molar-refractivity contribution is -0.133. The van der Waals surface area contributed by atoms with E-state index < -0.39 is 56.3 Å². The van der Waals surface area contributed by atoms with Crippen LogP contribution in [-0.2, 0) is 25.8 Å². The molecule has 1 aromatic carbocycles. The maximum Gasteiger partial charge on any atom is 0.318 e. The number of carbonyl (C=O) groups excluding carboxylic acids is 3. The third-order valence-corrected chi connectivity index (χ3v) is 12.2. The molecule has 4 amide bonds. The quantitative estimate of drug-likeness (QED) is 0.251. The molecule has 2 aliphatic rings. The summed E-state index contributed by atoms with van der Waals surface area (Å²) < 4.78 is 24.2. The predicted octanol–water partition coefficient (Wildman–Crippen LogP) is 3.11. The molecule has 4 N–H and O–H groups in total. The van der Waals surface area contributed by atoms with Crippen LogP contribution in [-0.4, -0.2) is 108 Å². The van der Waals surface area contributed by atoms with Gasteiger partial charge in [0.2, 0.25) is 11.8 Å². The predicted molar refractivity (Wildman–Crippen MR) is 186 cm³/mol. The van der Waals surface area contributed by atoms with Gasteiger partial charge in [0.1, 0.15) is 6.04 Å². The molecule has 266 valence electrons. The van der Waals surface area contributed by atoms with Gasteiger partial charge in [0, 0.05) is 38.0 Å². The van der Waals surface area contributed by atoms with Crippen molar-refractivity contribution in [3.63, 3.8) is 0 Å². The molecular formula is C35H59N5O6S. The van der Waals surface area contributed by atoms with Crippen LogP contribution in [0.4, 0.5) is 4.79 Å². The van der Waals surface area contributed by atoms with Gasteiger partial charge in [0.25, 0.3) is 0 Å². The molecule has 12 heteroatoms. The van der Waals surface area contributed by atoms with Crippen LogP contribution >= 0.6 is 0 Å². The van der Waals surface area contributed by atoms with E-state index in [1.807, 2.05) is 51.1 Å². The zero-order valence-corrected chi connectivity index (χ0v) is 30.5. The summed E-state index contributed by atoms with van der Waals surface area (Å²) in [6.07, 6.45) is 5.44. The largest absolute Gasteiger partial charge is 0.390 e. The van der Waals surface area contributed by atoms with Crippen LogP contribution < -0.4 is 16.0 Å². The molecule has 47 heavy (non-hydrogen) atoms. The Kier molecular flexibility index (Phi) is 13.3. The Bertz CT molecular complexity index is 1310. The van der Waals surface area contributed by atoms with Crippen LogP contribution in [0.15, 0.2) is 30.3 Å². The molecule has 1 saturated heterocycles. The molecule has 0 spiro atoms. The molecule has 6 atom stereocenters. The Balaban J connectivity index is 1.94. The number of nitrogens with zero attached hydrogens (tertiary/aromatic N) is 2. The third kappa shape index (κ3) is 10.4. The number of fused-ring (bicyclic) bond motifs is 1. The number of likely N-dealkylation sites (tertiary alicyclic amines) is 1. The molecule has 0 bridgehead atoms. The molecule has 0 radical (unpaired) electrons. The number of hydrogen-bond donors (Lipinski definition) is 4. The van der Waals surface area contributed by atoms with Gasteiger partial charge >= 0.3 is 6.03 Å². The minimum Gasteiger partial charge on any atom is -0.390 e. The molecule has 0 aromatic heterocycles. The minimum atomic E-state index is -3.82. The number of sulfone groups is 1. The number of aliphatic hydroxyl groups is 1. The Morgan fingerprint density at radius 2 is 1.57 bits per heavy atom. The van der Waals surface area contributed by atoms with Gasteiger partial charge in [-0.25, -0.2) is 13.2 Å². The van der Waals surface area contributed by atoms with Gasteiger partial charge in [0.05, 0.1) is 22.9 Å². The van der Waals surface area contributed by atoms with Crippen molar-refractivity contribution in [1.29, 1.82) is 0 Å². The van der Waals surface area contributed by atoms with Gasteiger partial charge in [-0.15, -0.1) is 0 Å². The fraction of sp³-hybridized carbons (Fsp3) is 0.743. The summed E-state index contributed by atoms with van der Waals surface area (Å²) in [6, 6.07) is 6.22. The van der Waals surface area contributed by atoms with Crippen molar-refractivity contribution in [1.82, 2.24) is 25.8 Å². The highest BCUT2D eigenvalue weighted by Crippen LogP contribution is 2.39. The van der Waals surface area contributed by atoms with Crippen molar-refractivity contribution in [3.05, 3.63) is 35.9 Å². The highest BCUT2D eigenvalue weighted by Gasteiger charge is 2.46. The van der Waals surface area contributed by atoms with E-state index in [9.17, 15) is 27.9 Å². The van der Waals surface area contributed by atoms with Crippen LogP contribution in [0.2, 0.25) is 0 Å². The topological polar surface area (TPSA) is 148 Å².